The van der Waals surface area contributed by atoms with E-state index >= 15 is 0 Å². The van der Waals surface area contributed by atoms with Gasteiger partial charge in [0.05, 0.1) is 24.2 Å². The van der Waals surface area contributed by atoms with Crippen LogP contribution in [0, 0.1) is 5.82 Å². The van der Waals surface area contributed by atoms with Gasteiger partial charge in [-0.2, -0.15) is 5.10 Å². The first kappa shape index (κ1) is 30.6. The second-order valence-corrected chi connectivity index (χ2v) is 11.3. The molecule has 228 valence electrons. The Morgan fingerprint density at radius 3 is 2.56 bits per heavy atom. The van der Waals surface area contributed by atoms with Crippen molar-refractivity contribution in [1.29, 1.82) is 0 Å². The molecule has 2 N–H and O–H groups in total. The molecule has 0 atom stereocenters. The van der Waals surface area contributed by atoms with E-state index in [9.17, 15) is 14.0 Å². The highest BCUT2D eigenvalue weighted by Crippen LogP contribution is 2.35. The molecule has 0 radical (unpaired) electrons. The number of rotatable bonds is 8. The number of pyridine rings is 1. The fraction of sp³-hybridized carbons (Fsp3) is 0.433. The number of piperidine rings is 1. The van der Waals surface area contributed by atoms with Gasteiger partial charge in [-0.25, -0.2) is 14.2 Å². The summed E-state index contributed by atoms with van der Waals surface area (Å²) in [4.78, 5) is 35.3. The second kappa shape index (κ2) is 14.1. The summed E-state index contributed by atoms with van der Waals surface area (Å²) in [5.74, 6) is -0.144. The lowest BCUT2D eigenvalue weighted by Crippen LogP contribution is -2.45. The number of carbonyl (C=O) groups is 2. The van der Waals surface area contributed by atoms with Gasteiger partial charge in [-0.05, 0) is 50.2 Å². The average molecular weight is 611 g/mol. The number of amides is 2. The fourth-order valence-corrected chi connectivity index (χ4v) is 5.53. The Balaban J connectivity index is 1.33. The van der Waals surface area contributed by atoms with Gasteiger partial charge >= 0.3 is 6.09 Å². The Labute approximate surface area is 255 Å². The Hall–Kier alpha value is -3.87. The number of hydrogen-bond donors (Lipinski definition) is 2. The van der Waals surface area contributed by atoms with Crippen molar-refractivity contribution in [3.8, 4) is 11.3 Å². The van der Waals surface area contributed by atoms with Crippen LogP contribution in [0.15, 0.2) is 42.6 Å². The molecular weight excluding hydrogens is 575 g/mol. The first-order chi connectivity index (χ1) is 20.8. The number of hydrogen-bond acceptors (Lipinski definition) is 9. The molecule has 1 aromatic carbocycles. The number of anilines is 3. The van der Waals surface area contributed by atoms with E-state index in [1.807, 2.05) is 0 Å². The number of likely N-dealkylation sites (N-methyl/N-ethyl adjacent to an activating group) is 1. The van der Waals surface area contributed by atoms with Crippen molar-refractivity contribution in [2.24, 2.45) is 0 Å². The lowest BCUT2D eigenvalue weighted by Gasteiger charge is -2.32. The summed E-state index contributed by atoms with van der Waals surface area (Å²) in [5, 5.41) is 15.6. The predicted octanol–water partition coefficient (Wildman–Crippen LogP) is 4.60. The summed E-state index contributed by atoms with van der Waals surface area (Å²) in [5.41, 5.74) is 2.57. The molecule has 2 aliphatic heterocycles. The molecule has 0 unspecified atom stereocenters. The van der Waals surface area contributed by atoms with Crippen LogP contribution in [-0.2, 0) is 9.53 Å². The van der Waals surface area contributed by atoms with Crippen molar-refractivity contribution < 1.29 is 18.7 Å². The van der Waals surface area contributed by atoms with Gasteiger partial charge in [0.25, 0.3) is 0 Å². The van der Waals surface area contributed by atoms with E-state index in [1.165, 1.54) is 25.3 Å². The Morgan fingerprint density at radius 1 is 1.05 bits per heavy atom. The predicted molar refractivity (Wildman–Crippen MR) is 163 cm³/mol. The minimum Gasteiger partial charge on any atom is -0.453 e. The van der Waals surface area contributed by atoms with Crippen LogP contribution >= 0.6 is 11.6 Å². The smallest absolute Gasteiger partial charge is 0.409 e. The first-order valence-electron chi connectivity index (χ1n) is 14.4. The number of benzene rings is 1. The van der Waals surface area contributed by atoms with E-state index in [-0.39, 0.29) is 23.5 Å². The van der Waals surface area contributed by atoms with Crippen molar-refractivity contribution in [1.82, 2.24) is 29.9 Å². The summed E-state index contributed by atoms with van der Waals surface area (Å²) < 4.78 is 19.6. The van der Waals surface area contributed by atoms with E-state index in [4.69, 9.17) is 16.3 Å². The van der Waals surface area contributed by atoms with Crippen LogP contribution in [0.4, 0.5) is 26.4 Å². The standard InChI is InChI=1S/C30H36ClFN8O3/c1-38-13-15-39(16-14-38)10-8-28(41)35-27-18-22(5-9-33-27)34-26-19-25(23-17-21(31)3-4-24(23)32)36-37-29(26)20-6-11-40(12-7-20)30(42)43-2/h3-5,9,17-20H,6-8,10-16H2,1-2H3,(H2,33,34,35,36,41). The van der Waals surface area contributed by atoms with Crippen LogP contribution in [0.1, 0.15) is 30.9 Å². The number of carbonyl (C=O) groups excluding carboxylic acids is 2. The minimum atomic E-state index is -0.464. The molecule has 4 heterocycles. The van der Waals surface area contributed by atoms with E-state index in [1.54, 1.807) is 29.3 Å². The molecule has 0 aliphatic carbocycles. The number of nitrogens with one attached hydrogen (secondary N) is 2. The van der Waals surface area contributed by atoms with Gasteiger partial charge in [0.2, 0.25) is 5.91 Å². The molecule has 2 amide bonds. The molecule has 43 heavy (non-hydrogen) atoms. The molecular formula is C30H36ClFN8O3. The minimum absolute atomic E-state index is 0.00440. The van der Waals surface area contributed by atoms with Gasteiger partial charge in [-0.3, -0.25) is 4.79 Å². The van der Waals surface area contributed by atoms with Crippen LogP contribution in [0.2, 0.25) is 5.02 Å². The molecule has 0 bridgehead atoms. The van der Waals surface area contributed by atoms with Crippen LogP contribution < -0.4 is 10.6 Å². The number of nitrogens with zero attached hydrogens (tertiary/aromatic N) is 6. The van der Waals surface area contributed by atoms with Crippen LogP contribution in [0.5, 0.6) is 0 Å². The third-order valence-electron chi connectivity index (χ3n) is 7.90. The molecule has 2 saturated heterocycles. The van der Waals surface area contributed by atoms with Gasteiger partial charge in [0, 0.05) is 86.7 Å². The van der Waals surface area contributed by atoms with E-state index < -0.39 is 5.82 Å². The van der Waals surface area contributed by atoms with Gasteiger partial charge in [-0.1, -0.05) is 11.6 Å². The highest BCUT2D eigenvalue weighted by atomic mass is 35.5. The largest absolute Gasteiger partial charge is 0.453 e. The third-order valence-corrected chi connectivity index (χ3v) is 8.13. The fourth-order valence-electron chi connectivity index (χ4n) is 5.36. The zero-order valence-corrected chi connectivity index (χ0v) is 25.1. The van der Waals surface area contributed by atoms with Crippen molar-refractivity contribution in [2.45, 2.75) is 25.2 Å². The van der Waals surface area contributed by atoms with E-state index in [0.717, 1.165) is 26.2 Å². The molecule has 13 heteroatoms. The highest BCUT2D eigenvalue weighted by molar-refractivity contribution is 6.30. The summed E-state index contributed by atoms with van der Waals surface area (Å²) in [6.07, 6.45) is 2.95. The van der Waals surface area contributed by atoms with Gasteiger partial charge in [-0.15, -0.1) is 5.10 Å². The van der Waals surface area contributed by atoms with Gasteiger partial charge < -0.3 is 30.1 Å². The number of methoxy groups -OCH3 is 1. The number of ether oxygens (including phenoxy) is 1. The Kier molecular flexibility index (Phi) is 10.0. The Bertz CT molecular complexity index is 1440. The topological polar surface area (TPSA) is 116 Å². The van der Waals surface area contributed by atoms with Crippen LogP contribution in [0.3, 0.4) is 0 Å². The van der Waals surface area contributed by atoms with Gasteiger partial charge in [0.15, 0.2) is 0 Å². The zero-order valence-electron chi connectivity index (χ0n) is 24.4. The number of aromatic nitrogens is 3. The number of piperazine rings is 1. The van der Waals surface area contributed by atoms with E-state index in [0.29, 0.717) is 72.5 Å². The summed E-state index contributed by atoms with van der Waals surface area (Å²) in [6.45, 7) is 5.63. The maximum atomic E-state index is 14.7. The number of likely N-dealkylation sites (tertiary alicyclic amines) is 1. The van der Waals surface area contributed by atoms with Crippen molar-refractivity contribution >= 4 is 40.8 Å². The van der Waals surface area contributed by atoms with E-state index in [2.05, 4.69) is 42.7 Å². The zero-order chi connectivity index (χ0) is 30.3. The SMILES string of the molecule is COC(=O)N1CCC(c2nnc(-c3cc(Cl)ccc3F)cc2Nc2ccnc(NC(=O)CCN3CCN(C)CC3)c2)CC1. The lowest BCUT2D eigenvalue weighted by atomic mass is 9.92. The first-order valence-corrected chi connectivity index (χ1v) is 14.8. The van der Waals surface area contributed by atoms with Crippen LogP contribution in [-0.4, -0.2) is 102 Å². The Morgan fingerprint density at radius 2 is 1.81 bits per heavy atom. The molecule has 11 nitrogen and oxygen atoms in total. The second-order valence-electron chi connectivity index (χ2n) is 10.9. The maximum absolute atomic E-state index is 14.7. The van der Waals surface area contributed by atoms with Crippen molar-refractivity contribution in [2.75, 3.05) is 70.6 Å². The molecule has 0 spiro atoms. The monoisotopic (exact) mass is 610 g/mol. The normalized spacial score (nSPS) is 16.6. The number of halogens is 2. The summed E-state index contributed by atoms with van der Waals surface area (Å²) >= 11 is 6.15. The van der Waals surface area contributed by atoms with Crippen LogP contribution in [0.25, 0.3) is 11.3 Å². The molecule has 0 saturated carbocycles. The summed E-state index contributed by atoms with van der Waals surface area (Å²) in [6, 6.07) is 9.57. The van der Waals surface area contributed by atoms with Crippen molar-refractivity contribution in [3.63, 3.8) is 0 Å². The maximum Gasteiger partial charge on any atom is 0.409 e. The highest BCUT2D eigenvalue weighted by Gasteiger charge is 2.28. The quantitative estimate of drug-likeness (QED) is 0.378. The average Bonchev–Trinajstić information content (AvgIpc) is 3.02. The van der Waals surface area contributed by atoms with Gasteiger partial charge in [0.1, 0.15) is 11.6 Å². The molecule has 2 aromatic heterocycles. The summed E-state index contributed by atoms with van der Waals surface area (Å²) in [7, 11) is 3.47. The van der Waals surface area contributed by atoms with Crippen molar-refractivity contribution in [3.05, 3.63) is 59.1 Å². The molecule has 2 aliphatic rings. The lowest BCUT2D eigenvalue weighted by molar-refractivity contribution is -0.116. The molecule has 3 aromatic rings. The molecule has 5 rings (SSSR count). The third kappa shape index (κ3) is 7.95. The molecule has 2 fully saturated rings.